The molecule has 5 nitrogen and oxygen atoms in total. The van der Waals surface area contributed by atoms with Crippen LogP contribution in [-0.2, 0) is 11.8 Å². The zero-order valence-corrected chi connectivity index (χ0v) is 15.1. The fourth-order valence-corrected chi connectivity index (χ4v) is 2.62. The van der Waals surface area contributed by atoms with Crippen LogP contribution in [-0.4, -0.2) is 40.0 Å². The number of amides is 1. The fraction of sp³-hybridized carbons (Fsp3) is 0.750. The largest absolute Gasteiger partial charge is 0.336 e. The summed E-state index contributed by atoms with van der Waals surface area (Å²) >= 11 is 0. The van der Waals surface area contributed by atoms with Crippen LogP contribution in [0.4, 0.5) is 0 Å². The lowest BCUT2D eigenvalue weighted by Crippen LogP contribution is -2.50. The molecule has 1 aliphatic rings. The molecule has 1 N–H and O–H groups in total. The zero-order valence-electron chi connectivity index (χ0n) is 14.3. The third kappa shape index (κ3) is 4.23. The Labute approximate surface area is 139 Å². The monoisotopic (exact) mass is 328 g/mol. The third-order valence-corrected chi connectivity index (χ3v) is 4.68. The van der Waals surface area contributed by atoms with Gasteiger partial charge in [-0.1, -0.05) is 27.7 Å². The van der Waals surface area contributed by atoms with E-state index in [1.165, 1.54) is 0 Å². The van der Waals surface area contributed by atoms with Crippen molar-refractivity contribution in [3.63, 3.8) is 0 Å². The summed E-state index contributed by atoms with van der Waals surface area (Å²) in [5.74, 6) is 1.56. The predicted molar refractivity (Wildman–Crippen MR) is 91.0 cm³/mol. The number of carbonyl (C=O) groups is 1. The highest BCUT2D eigenvalue weighted by Gasteiger charge is 2.32. The van der Waals surface area contributed by atoms with Crippen molar-refractivity contribution in [2.75, 3.05) is 19.6 Å². The highest BCUT2D eigenvalue weighted by atomic mass is 35.5. The quantitative estimate of drug-likeness (QED) is 0.927. The van der Waals surface area contributed by atoms with Gasteiger partial charge in [-0.2, -0.15) is 0 Å². The second-order valence-electron chi connectivity index (χ2n) is 7.17. The molecule has 2 rings (SSSR count). The second kappa shape index (κ2) is 7.47. The van der Waals surface area contributed by atoms with Crippen molar-refractivity contribution in [1.82, 2.24) is 19.8 Å². The molecule has 6 heteroatoms. The van der Waals surface area contributed by atoms with Crippen molar-refractivity contribution < 1.29 is 4.79 Å². The van der Waals surface area contributed by atoms with Gasteiger partial charge in [0.1, 0.15) is 11.9 Å². The first-order valence-electron chi connectivity index (χ1n) is 7.78. The van der Waals surface area contributed by atoms with Crippen LogP contribution < -0.4 is 5.32 Å². The molecule has 1 aliphatic heterocycles. The molecule has 1 saturated heterocycles. The number of carbonyl (C=O) groups excluding carboxylic acids is 1. The number of halogens is 1. The summed E-state index contributed by atoms with van der Waals surface area (Å²) in [7, 11) is 1.98. The van der Waals surface area contributed by atoms with E-state index in [0.29, 0.717) is 12.3 Å². The van der Waals surface area contributed by atoms with Crippen molar-refractivity contribution in [3.8, 4) is 0 Å². The van der Waals surface area contributed by atoms with E-state index in [4.69, 9.17) is 0 Å². The first-order chi connectivity index (χ1) is 9.80. The number of aryl methyl sites for hydroxylation is 1. The standard InChI is InChI=1S/C16H28N4O.ClH/c1-12(16(2,3)4)10-14(21)20-9-6-17-11-13(20)15-18-7-8-19(15)5;/h7-8,12-13,17H,6,9-11H2,1-5H3;1H. The molecule has 1 fully saturated rings. The minimum Gasteiger partial charge on any atom is -0.336 e. The van der Waals surface area contributed by atoms with E-state index in [1.807, 2.05) is 22.7 Å². The summed E-state index contributed by atoms with van der Waals surface area (Å²) in [6.45, 7) is 11.1. The number of hydrogen-bond donors (Lipinski definition) is 1. The van der Waals surface area contributed by atoms with Gasteiger partial charge in [-0.15, -0.1) is 12.4 Å². The van der Waals surface area contributed by atoms with Gasteiger partial charge in [0.15, 0.2) is 0 Å². The van der Waals surface area contributed by atoms with Gasteiger partial charge >= 0.3 is 0 Å². The number of rotatable bonds is 3. The van der Waals surface area contributed by atoms with Crippen LogP contribution in [0.5, 0.6) is 0 Å². The van der Waals surface area contributed by atoms with Gasteiger partial charge in [-0.3, -0.25) is 4.79 Å². The Morgan fingerprint density at radius 3 is 2.73 bits per heavy atom. The maximum Gasteiger partial charge on any atom is 0.223 e. The Hall–Kier alpha value is -1.07. The highest BCUT2D eigenvalue weighted by molar-refractivity contribution is 5.85. The summed E-state index contributed by atoms with van der Waals surface area (Å²) < 4.78 is 2.01. The van der Waals surface area contributed by atoms with Crippen LogP contribution in [0.25, 0.3) is 0 Å². The van der Waals surface area contributed by atoms with Crippen LogP contribution in [0.2, 0.25) is 0 Å². The zero-order chi connectivity index (χ0) is 15.6. The van der Waals surface area contributed by atoms with Crippen molar-refractivity contribution in [3.05, 3.63) is 18.2 Å². The number of piperazine rings is 1. The smallest absolute Gasteiger partial charge is 0.223 e. The molecule has 1 aromatic heterocycles. The molecule has 0 spiro atoms. The first-order valence-corrected chi connectivity index (χ1v) is 7.78. The third-order valence-electron chi connectivity index (χ3n) is 4.68. The predicted octanol–water partition coefficient (Wildman–Crippen LogP) is 2.39. The highest BCUT2D eigenvalue weighted by Crippen LogP contribution is 2.30. The molecule has 1 amide bonds. The van der Waals surface area contributed by atoms with Crippen LogP contribution in [0, 0.1) is 11.3 Å². The van der Waals surface area contributed by atoms with E-state index in [1.54, 1.807) is 6.20 Å². The molecular weight excluding hydrogens is 300 g/mol. The van der Waals surface area contributed by atoms with Crippen molar-refractivity contribution in [2.45, 2.75) is 40.2 Å². The Balaban J connectivity index is 0.00000242. The number of nitrogens with zero attached hydrogens (tertiary/aromatic N) is 3. The molecule has 2 unspecified atom stereocenters. The minimum absolute atomic E-state index is 0. The van der Waals surface area contributed by atoms with Gasteiger partial charge in [0.2, 0.25) is 5.91 Å². The van der Waals surface area contributed by atoms with Gasteiger partial charge in [-0.05, 0) is 11.3 Å². The molecule has 22 heavy (non-hydrogen) atoms. The molecular formula is C16H29ClN4O. The van der Waals surface area contributed by atoms with Gasteiger partial charge in [0, 0.05) is 45.5 Å². The van der Waals surface area contributed by atoms with Crippen LogP contribution in [0.15, 0.2) is 12.4 Å². The lowest BCUT2D eigenvalue weighted by Gasteiger charge is -2.37. The van der Waals surface area contributed by atoms with Crippen molar-refractivity contribution in [1.29, 1.82) is 0 Å². The second-order valence-corrected chi connectivity index (χ2v) is 7.17. The van der Waals surface area contributed by atoms with Crippen molar-refractivity contribution in [2.24, 2.45) is 18.4 Å². The van der Waals surface area contributed by atoms with Gasteiger partial charge < -0.3 is 14.8 Å². The summed E-state index contributed by atoms with van der Waals surface area (Å²) in [6.07, 6.45) is 4.33. The van der Waals surface area contributed by atoms with Crippen LogP contribution in [0.1, 0.15) is 46.0 Å². The number of nitrogens with one attached hydrogen (secondary N) is 1. The van der Waals surface area contributed by atoms with E-state index in [-0.39, 0.29) is 29.8 Å². The summed E-state index contributed by atoms with van der Waals surface area (Å²) in [6, 6.07) is 0.0402. The maximum atomic E-state index is 12.7. The SMILES string of the molecule is CC(CC(=O)N1CCNCC1c1nccn1C)C(C)(C)C.Cl. The van der Waals surface area contributed by atoms with Crippen LogP contribution in [0.3, 0.4) is 0 Å². The molecule has 0 saturated carbocycles. The normalized spacial score (nSPS) is 20.4. The maximum absolute atomic E-state index is 12.7. The van der Waals surface area contributed by atoms with E-state index in [2.05, 4.69) is 38.0 Å². The summed E-state index contributed by atoms with van der Waals surface area (Å²) in [5, 5.41) is 3.37. The lowest BCUT2D eigenvalue weighted by atomic mass is 9.80. The molecule has 1 aromatic rings. The Morgan fingerprint density at radius 1 is 1.50 bits per heavy atom. The first kappa shape index (κ1) is 19.0. The average Bonchev–Trinajstić information content (AvgIpc) is 2.83. The molecule has 2 heterocycles. The minimum atomic E-state index is 0. The van der Waals surface area contributed by atoms with E-state index in [9.17, 15) is 4.79 Å². The molecule has 0 aromatic carbocycles. The number of imidazole rings is 1. The summed E-state index contributed by atoms with van der Waals surface area (Å²) in [4.78, 5) is 19.2. The van der Waals surface area contributed by atoms with Gasteiger partial charge in [0.25, 0.3) is 0 Å². The Kier molecular flexibility index (Phi) is 6.44. The van der Waals surface area contributed by atoms with Crippen LogP contribution >= 0.6 is 12.4 Å². The average molecular weight is 329 g/mol. The van der Waals surface area contributed by atoms with Crippen molar-refractivity contribution >= 4 is 18.3 Å². The topological polar surface area (TPSA) is 50.2 Å². The molecule has 126 valence electrons. The molecule has 0 aliphatic carbocycles. The molecule has 0 radical (unpaired) electrons. The Morgan fingerprint density at radius 2 is 2.18 bits per heavy atom. The molecule has 0 bridgehead atoms. The fourth-order valence-electron chi connectivity index (χ4n) is 2.62. The van der Waals surface area contributed by atoms with E-state index < -0.39 is 0 Å². The number of hydrogen-bond acceptors (Lipinski definition) is 3. The Bertz CT molecular complexity index is 495. The van der Waals surface area contributed by atoms with E-state index in [0.717, 1.165) is 25.5 Å². The van der Waals surface area contributed by atoms with Gasteiger partial charge in [-0.25, -0.2) is 4.98 Å². The summed E-state index contributed by atoms with van der Waals surface area (Å²) in [5.41, 5.74) is 0.155. The van der Waals surface area contributed by atoms with E-state index >= 15 is 0 Å². The molecule has 2 atom stereocenters. The number of aromatic nitrogens is 2. The lowest BCUT2D eigenvalue weighted by molar-refractivity contribution is -0.136. The van der Waals surface area contributed by atoms with Gasteiger partial charge in [0.05, 0.1) is 0 Å².